The molecule has 0 aliphatic rings. The average Bonchev–Trinajstić information content (AvgIpc) is 2.29. The Morgan fingerprint density at radius 2 is 2.06 bits per heavy atom. The number of hydrogen-bond donors (Lipinski definition) is 1. The van der Waals surface area contributed by atoms with Gasteiger partial charge in [0.1, 0.15) is 5.82 Å². The van der Waals surface area contributed by atoms with Gasteiger partial charge in [0.2, 0.25) is 0 Å². The van der Waals surface area contributed by atoms with Crippen molar-refractivity contribution in [3.8, 4) is 0 Å². The fraction of sp³-hybridized carbons (Fsp3) is 0.417. The van der Waals surface area contributed by atoms with Gasteiger partial charge in [-0.3, -0.25) is 4.79 Å². The van der Waals surface area contributed by atoms with Crippen LogP contribution in [0.1, 0.15) is 12.5 Å². The van der Waals surface area contributed by atoms with Crippen molar-refractivity contribution in [3.05, 3.63) is 35.6 Å². The highest BCUT2D eigenvalue weighted by Crippen LogP contribution is 2.05. The van der Waals surface area contributed by atoms with Crippen LogP contribution in [0.5, 0.6) is 0 Å². The van der Waals surface area contributed by atoms with Gasteiger partial charge < -0.3 is 10.1 Å². The molecule has 0 bridgehead atoms. The Morgan fingerprint density at radius 1 is 1.44 bits per heavy atom. The van der Waals surface area contributed by atoms with Crippen molar-refractivity contribution in [2.24, 2.45) is 0 Å². The Bertz CT molecular complexity index is 337. The number of esters is 1. The topological polar surface area (TPSA) is 38.3 Å². The predicted octanol–water partition coefficient (Wildman–Crippen LogP) is 1.52. The molecule has 0 amide bonds. The molecule has 0 fully saturated rings. The van der Waals surface area contributed by atoms with Crippen molar-refractivity contribution in [1.82, 2.24) is 5.32 Å². The maximum absolute atomic E-state index is 12.6. The van der Waals surface area contributed by atoms with E-state index in [0.29, 0.717) is 0 Å². The molecule has 1 atom stereocenters. The lowest BCUT2D eigenvalue weighted by molar-refractivity contribution is -0.139. The zero-order valence-electron chi connectivity index (χ0n) is 9.50. The summed E-state index contributed by atoms with van der Waals surface area (Å²) in [5, 5.41) is 3.03. The Labute approximate surface area is 94.6 Å². The zero-order chi connectivity index (χ0) is 12.0. The van der Waals surface area contributed by atoms with E-state index in [-0.39, 0.29) is 24.4 Å². The zero-order valence-corrected chi connectivity index (χ0v) is 9.50. The summed E-state index contributed by atoms with van der Waals surface area (Å²) in [7, 11) is 1.36. The standard InChI is InChI=1S/C12H16FNO2/c1-9(14-8-12(15)16-2)7-10-3-5-11(13)6-4-10/h3-6,9,14H,7-8H2,1-2H3. The molecular weight excluding hydrogens is 209 g/mol. The van der Waals surface area contributed by atoms with E-state index in [9.17, 15) is 9.18 Å². The number of carbonyl (C=O) groups excluding carboxylic acids is 1. The molecule has 0 heterocycles. The van der Waals surface area contributed by atoms with Crippen molar-refractivity contribution in [1.29, 1.82) is 0 Å². The van der Waals surface area contributed by atoms with Gasteiger partial charge in [-0.1, -0.05) is 12.1 Å². The molecule has 1 aromatic rings. The van der Waals surface area contributed by atoms with E-state index in [4.69, 9.17) is 0 Å². The molecule has 16 heavy (non-hydrogen) atoms. The van der Waals surface area contributed by atoms with Gasteiger partial charge in [-0.25, -0.2) is 4.39 Å². The lowest BCUT2D eigenvalue weighted by atomic mass is 10.1. The SMILES string of the molecule is COC(=O)CNC(C)Cc1ccc(F)cc1. The molecule has 1 aromatic carbocycles. The van der Waals surface area contributed by atoms with Gasteiger partial charge in [-0.15, -0.1) is 0 Å². The molecule has 1 N–H and O–H groups in total. The van der Waals surface area contributed by atoms with Gasteiger partial charge in [0.05, 0.1) is 13.7 Å². The first-order chi connectivity index (χ1) is 7.61. The monoisotopic (exact) mass is 225 g/mol. The molecular formula is C12H16FNO2. The molecule has 88 valence electrons. The third-order valence-electron chi connectivity index (χ3n) is 2.28. The molecule has 3 nitrogen and oxygen atoms in total. The molecule has 4 heteroatoms. The van der Waals surface area contributed by atoms with Crippen LogP contribution in [0.25, 0.3) is 0 Å². The number of benzene rings is 1. The van der Waals surface area contributed by atoms with Crippen LogP contribution in [-0.2, 0) is 16.0 Å². The number of carbonyl (C=O) groups is 1. The maximum atomic E-state index is 12.6. The minimum atomic E-state index is -0.286. The molecule has 0 aromatic heterocycles. The summed E-state index contributed by atoms with van der Waals surface area (Å²) in [6.07, 6.45) is 0.747. The fourth-order valence-corrected chi connectivity index (χ4v) is 1.38. The maximum Gasteiger partial charge on any atom is 0.319 e. The fourth-order valence-electron chi connectivity index (χ4n) is 1.38. The van der Waals surface area contributed by atoms with E-state index in [2.05, 4.69) is 10.1 Å². The van der Waals surface area contributed by atoms with E-state index < -0.39 is 0 Å². The molecule has 0 saturated carbocycles. The number of hydrogen-bond acceptors (Lipinski definition) is 3. The second kappa shape index (κ2) is 6.23. The number of nitrogens with one attached hydrogen (secondary N) is 1. The largest absolute Gasteiger partial charge is 0.468 e. The number of ether oxygens (including phenoxy) is 1. The number of rotatable bonds is 5. The molecule has 0 radical (unpaired) electrons. The van der Waals surface area contributed by atoms with E-state index in [1.54, 1.807) is 12.1 Å². The summed E-state index contributed by atoms with van der Waals surface area (Å²) in [4.78, 5) is 10.9. The van der Waals surface area contributed by atoms with E-state index in [0.717, 1.165) is 12.0 Å². The van der Waals surface area contributed by atoms with Crippen LogP contribution in [0.15, 0.2) is 24.3 Å². The minimum absolute atomic E-state index is 0.143. The van der Waals surface area contributed by atoms with Crippen LogP contribution in [-0.4, -0.2) is 25.7 Å². The van der Waals surface area contributed by atoms with Gasteiger partial charge in [0, 0.05) is 6.04 Å². The highest BCUT2D eigenvalue weighted by molar-refractivity contribution is 5.71. The molecule has 1 rings (SSSR count). The van der Waals surface area contributed by atoms with Crippen LogP contribution in [0, 0.1) is 5.82 Å². The lowest BCUT2D eigenvalue weighted by Gasteiger charge is -2.12. The van der Waals surface area contributed by atoms with E-state index in [1.165, 1.54) is 19.2 Å². The summed E-state index contributed by atoms with van der Waals surface area (Å²) in [5.74, 6) is -0.523. The second-order valence-corrected chi connectivity index (χ2v) is 3.69. The number of methoxy groups -OCH3 is 1. The van der Waals surface area contributed by atoms with Crippen molar-refractivity contribution < 1.29 is 13.9 Å². The van der Waals surface area contributed by atoms with Crippen LogP contribution in [0.3, 0.4) is 0 Å². The third kappa shape index (κ3) is 4.40. The summed E-state index contributed by atoms with van der Waals surface area (Å²) in [6, 6.07) is 6.49. The highest BCUT2D eigenvalue weighted by atomic mass is 19.1. The summed E-state index contributed by atoms with van der Waals surface area (Å²) < 4.78 is 17.2. The summed E-state index contributed by atoms with van der Waals surface area (Å²) >= 11 is 0. The third-order valence-corrected chi connectivity index (χ3v) is 2.28. The number of halogens is 1. The Morgan fingerprint density at radius 3 is 2.62 bits per heavy atom. The second-order valence-electron chi connectivity index (χ2n) is 3.69. The van der Waals surface area contributed by atoms with E-state index in [1.807, 2.05) is 6.92 Å². The van der Waals surface area contributed by atoms with Crippen molar-refractivity contribution in [2.75, 3.05) is 13.7 Å². The average molecular weight is 225 g/mol. The predicted molar refractivity (Wildman–Crippen MR) is 59.6 cm³/mol. The van der Waals surface area contributed by atoms with Crippen LogP contribution in [0.4, 0.5) is 4.39 Å². The van der Waals surface area contributed by atoms with Gasteiger partial charge in [0.25, 0.3) is 0 Å². The van der Waals surface area contributed by atoms with Crippen LogP contribution in [0.2, 0.25) is 0 Å². The summed E-state index contributed by atoms with van der Waals surface area (Å²) in [5.41, 5.74) is 1.03. The first-order valence-corrected chi connectivity index (χ1v) is 5.16. The first kappa shape index (κ1) is 12.6. The molecule has 0 saturated heterocycles. The van der Waals surface area contributed by atoms with Crippen LogP contribution >= 0.6 is 0 Å². The Kier molecular flexibility index (Phi) is 4.92. The van der Waals surface area contributed by atoms with Crippen molar-refractivity contribution in [3.63, 3.8) is 0 Å². The minimum Gasteiger partial charge on any atom is -0.468 e. The molecule has 1 unspecified atom stereocenters. The van der Waals surface area contributed by atoms with Crippen molar-refractivity contribution >= 4 is 5.97 Å². The van der Waals surface area contributed by atoms with Gasteiger partial charge in [-0.2, -0.15) is 0 Å². The van der Waals surface area contributed by atoms with Gasteiger partial charge in [0.15, 0.2) is 0 Å². The Hall–Kier alpha value is -1.42. The van der Waals surface area contributed by atoms with Gasteiger partial charge >= 0.3 is 5.97 Å². The normalized spacial score (nSPS) is 12.2. The molecule has 0 spiro atoms. The lowest BCUT2D eigenvalue weighted by Crippen LogP contribution is -2.33. The van der Waals surface area contributed by atoms with E-state index >= 15 is 0 Å². The first-order valence-electron chi connectivity index (χ1n) is 5.16. The van der Waals surface area contributed by atoms with Crippen molar-refractivity contribution in [2.45, 2.75) is 19.4 Å². The summed E-state index contributed by atoms with van der Waals surface area (Å²) in [6.45, 7) is 2.16. The highest BCUT2D eigenvalue weighted by Gasteiger charge is 2.06. The van der Waals surface area contributed by atoms with Gasteiger partial charge in [-0.05, 0) is 31.0 Å². The molecule has 0 aliphatic heterocycles. The van der Waals surface area contributed by atoms with Crippen LogP contribution < -0.4 is 5.32 Å². The quantitative estimate of drug-likeness (QED) is 0.772. The molecule has 0 aliphatic carbocycles. The Balaban J connectivity index is 2.36. The smallest absolute Gasteiger partial charge is 0.319 e.